The summed E-state index contributed by atoms with van der Waals surface area (Å²) in [5, 5.41) is 1.42. The van der Waals surface area contributed by atoms with Crippen LogP contribution in [0.25, 0.3) is 10.9 Å². The average Bonchev–Trinajstić information content (AvgIpc) is 3.04. The van der Waals surface area contributed by atoms with Gasteiger partial charge in [-0.25, -0.2) is 0 Å². The van der Waals surface area contributed by atoms with Gasteiger partial charge in [-0.15, -0.1) is 0 Å². The van der Waals surface area contributed by atoms with E-state index in [-0.39, 0.29) is 6.04 Å². The first-order chi connectivity index (χ1) is 8.09. The first kappa shape index (κ1) is 10.8. The quantitative estimate of drug-likeness (QED) is 0.839. The summed E-state index contributed by atoms with van der Waals surface area (Å²) < 4.78 is 2.28. The molecule has 0 radical (unpaired) electrons. The maximum absolute atomic E-state index is 6.16. The Kier molecular flexibility index (Phi) is 2.30. The molecule has 0 bridgehead atoms. The lowest BCUT2D eigenvalue weighted by molar-refractivity contribution is 0.713. The molecule has 1 fully saturated rings. The number of aryl methyl sites for hydroxylation is 2. The van der Waals surface area contributed by atoms with Crippen molar-refractivity contribution in [2.24, 2.45) is 12.8 Å². The van der Waals surface area contributed by atoms with Gasteiger partial charge in [0, 0.05) is 29.7 Å². The summed E-state index contributed by atoms with van der Waals surface area (Å²) in [5.41, 5.74) is 11.7. The predicted octanol–water partition coefficient (Wildman–Crippen LogP) is 3.38. The molecule has 1 aromatic carbocycles. The van der Waals surface area contributed by atoms with Crippen molar-refractivity contribution in [3.05, 3.63) is 35.0 Å². The lowest BCUT2D eigenvalue weighted by Gasteiger charge is -2.10. The standard InChI is InChI=1S/C15H20N2/c1-9-4-7-13-12(8-9)14(11-5-6-11)15(10(2)16)17(13)3/h4,7-8,10-11H,5-6,16H2,1-3H3. The SMILES string of the molecule is Cc1ccc2c(c1)c(C1CC1)c(C(C)N)n2C. The van der Waals surface area contributed by atoms with Gasteiger partial charge in [0.05, 0.1) is 0 Å². The molecule has 2 N–H and O–H groups in total. The van der Waals surface area contributed by atoms with Crippen molar-refractivity contribution < 1.29 is 0 Å². The Hall–Kier alpha value is -1.28. The van der Waals surface area contributed by atoms with E-state index >= 15 is 0 Å². The van der Waals surface area contributed by atoms with E-state index in [1.165, 1.54) is 40.6 Å². The van der Waals surface area contributed by atoms with Crippen LogP contribution in [0.5, 0.6) is 0 Å². The van der Waals surface area contributed by atoms with Crippen LogP contribution in [0.2, 0.25) is 0 Å². The van der Waals surface area contributed by atoms with E-state index in [1.807, 2.05) is 0 Å². The smallest absolute Gasteiger partial charge is 0.0483 e. The molecule has 2 nitrogen and oxygen atoms in total. The molecule has 2 heteroatoms. The number of nitrogens with two attached hydrogens (primary N) is 1. The molecule has 1 aromatic heterocycles. The van der Waals surface area contributed by atoms with Crippen LogP contribution < -0.4 is 5.73 Å². The third-order valence-corrected chi connectivity index (χ3v) is 3.86. The van der Waals surface area contributed by atoms with Gasteiger partial charge in [-0.1, -0.05) is 11.6 Å². The van der Waals surface area contributed by atoms with Crippen LogP contribution in [0.4, 0.5) is 0 Å². The van der Waals surface area contributed by atoms with Crippen molar-refractivity contribution in [2.45, 2.75) is 38.6 Å². The molecule has 2 aromatic rings. The average molecular weight is 228 g/mol. The number of rotatable bonds is 2. The summed E-state index contributed by atoms with van der Waals surface area (Å²) in [6, 6.07) is 6.84. The molecule has 1 heterocycles. The monoisotopic (exact) mass is 228 g/mol. The minimum atomic E-state index is 0.114. The molecular weight excluding hydrogens is 208 g/mol. The summed E-state index contributed by atoms with van der Waals surface area (Å²) in [5.74, 6) is 0.751. The lowest BCUT2D eigenvalue weighted by Crippen LogP contribution is -2.11. The first-order valence-corrected chi connectivity index (χ1v) is 6.44. The van der Waals surface area contributed by atoms with Crippen LogP contribution >= 0.6 is 0 Å². The van der Waals surface area contributed by atoms with Gasteiger partial charge in [-0.3, -0.25) is 0 Å². The number of benzene rings is 1. The molecule has 0 saturated heterocycles. The molecule has 0 aliphatic heterocycles. The summed E-state index contributed by atoms with van der Waals surface area (Å²) in [4.78, 5) is 0. The van der Waals surface area contributed by atoms with Crippen LogP contribution in [0.15, 0.2) is 18.2 Å². The Labute approximate surface area is 102 Å². The Bertz CT molecular complexity index is 574. The molecule has 1 aliphatic rings. The van der Waals surface area contributed by atoms with Crippen LogP contribution in [-0.2, 0) is 7.05 Å². The molecule has 3 rings (SSSR count). The van der Waals surface area contributed by atoms with Gasteiger partial charge in [-0.2, -0.15) is 0 Å². The van der Waals surface area contributed by atoms with Gasteiger partial charge < -0.3 is 10.3 Å². The molecular formula is C15H20N2. The molecule has 0 spiro atoms. The highest BCUT2D eigenvalue weighted by Gasteiger charge is 2.31. The van der Waals surface area contributed by atoms with Crippen LogP contribution in [0.3, 0.4) is 0 Å². The van der Waals surface area contributed by atoms with Gasteiger partial charge >= 0.3 is 0 Å². The summed E-state index contributed by atoms with van der Waals surface area (Å²) in [6.45, 7) is 4.25. The van der Waals surface area contributed by atoms with E-state index in [4.69, 9.17) is 5.73 Å². The van der Waals surface area contributed by atoms with E-state index in [0.29, 0.717) is 0 Å². The predicted molar refractivity (Wildman–Crippen MR) is 72.2 cm³/mol. The van der Waals surface area contributed by atoms with Gasteiger partial charge in [-0.05, 0) is 50.3 Å². The second-order valence-electron chi connectivity index (χ2n) is 5.44. The zero-order valence-corrected chi connectivity index (χ0v) is 10.8. The summed E-state index contributed by atoms with van der Waals surface area (Å²) in [6.07, 6.45) is 2.65. The summed E-state index contributed by atoms with van der Waals surface area (Å²) >= 11 is 0. The van der Waals surface area contributed by atoms with Crippen LogP contribution in [-0.4, -0.2) is 4.57 Å². The molecule has 1 unspecified atom stereocenters. The van der Waals surface area contributed by atoms with Crippen molar-refractivity contribution in [2.75, 3.05) is 0 Å². The van der Waals surface area contributed by atoms with E-state index < -0.39 is 0 Å². The lowest BCUT2D eigenvalue weighted by atomic mass is 10.0. The Morgan fingerprint density at radius 3 is 2.65 bits per heavy atom. The second-order valence-corrected chi connectivity index (χ2v) is 5.44. The zero-order valence-electron chi connectivity index (χ0n) is 10.8. The largest absolute Gasteiger partial charge is 0.346 e. The fourth-order valence-corrected chi connectivity index (χ4v) is 2.96. The van der Waals surface area contributed by atoms with E-state index in [2.05, 4.69) is 43.7 Å². The fourth-order valence-electron chi connectivity index (χ4n) is 2.96. The van der Waals surface area contributed by atoms with E-state index in [9.17, 15) is 0 Å². The molecule has 17 heavy (non-hydrogen) atoms. The van der Waals surface area contributed by atoms with Crippen molar-refractivity contribution in [1.29, 1.82) is 0 Å². The van der Waals surface area contributed by atoms with Gasteiger partial charge in [0.2, 0.25) is 0 Å². The van der Waals surface area contributed by atoms with Gasteiger partial charge in [0.1, 0.15) is 0 Å². The van der Waals surface area contributed by atoms with Crippen LogP contribution in [0.1, 0.15) is 48.5 Å². The first-order valence-electron chi connectivity index (χ1n) is 6.44. The Morgan fingerprint density at radius 2 is 2.06 bits per heavy atom. The number of hydrogen-bond donors (Lipinski definition) is 1. The zero-order chi connectivity index (χ0) is 12.2. The molecule has 90 valence electrons. The highest BCUT2D eigenvalue weighted by Crippen LogP contribution is 2.47. The molecule has 1 saturated carbocycles. The van der Waals surface area contributed by atoms with Crippen LogP contribution in [0, 0.1) is 6.92 Å². The van der Waals surface area contributed by atoms with Gasteiger partial charge in [0.25, 0.3) is 0 Å². The molecule has 1 atom stereocenters. The number of hydrogen-bond acceptors (Lipinski definition) is 1. The van der Waals surface area contributed by atoms with E-state index in [0.717, 1.165) is 5.92 Å². The number of fused-ring (bicyclic) bond motifs is 1. The van der Waals surface area contributed by atoms with Crippen molar-refractivity contribution in [3.8, 4) is 0 Å². The molecule has 0 amide bonds. The normalized spacial score (nSPS) is 17.6. The maximum Gasteiger partial charge on any atom is 0.0483 e. The summed E-state index contributed by atoms with van der Waals surface area (Å²) in [7, 11) is 2.14. The highest BCUT2D eigenvalue weighted by atomic mass is 15.0. The minimum Gasteiger partial charge on any atom is -0.346 e. The second kappa shape index (κ2) is 3.61. The Morgan fingerprint density at radius 1 is 1.35 bits per heavy atom. The van der Waals surface area contributed by atoms with Gasteiger partial charge in [0.15, 0.2) is 0 Å². The van der Waals surface area contributed by atoms with Crippen molar-refractivity contribution >= 4 is 10.9 Å². The topological polar surface area (TPSA) is 30.9 Å². The maximum atomic E-state index is 6.16. The highest BCUT2D eigenvalue weighted by molar-refractivity contribution is 5.87. The molecule has 1 aliphatic carbocycles. The van der Waals surface area contributed by atoms with Crippen molar-refractivity contribution in [1.82, 2.24) is 4.57 Å². The Balaban J connectivity index is 2.37. The third kappa shape index (κ3) is 1.59. The fraction of sp³-hybridized carbons (Fsp3) is 0.467. The number of aromatic nitrogens is 1. The number of nitrogens with zero attached hydrogens (tertiary/aromatic N) is 1. The third-order valence-electron chi connectivity index (χ3n) is 3.86. The van der Waals surface area contributed by atoms with Crippen molar-refractivity contribution in [3.63, 3.8) is 0 Å². The minimum absolute atomic E-state index is 0.114. The van der Waals surface area contributed by atoms with E-state index in [1.54, 1.807) is 0 Å².